The van der Waals surface area contributed by atoms with Crippen molar-refractivity contribution in [3.63, 3.8) is 0 Å². The molecule has 0 radical (unpaired) electrons. The van der Waals surface area contributed by atoms with Crippen molar-refractivity contribution in [2.75, 3.05) is 0 Å². The molecule has 0 aliphatic carbocycles. The van der Waals surface area contributed by atoms with Gasteiger partial charge in [-0.25, -0.2) is 18.8 Å². The normalized spacial score (nSPS) is 10.9. The van der Waals surface area contributed by atoms with Crippen molar-refractivity contribution in [3.8, 4) is 5.95 Å². The van der Waals surface area contributed by atoms with Crippen LogP contribution in [0, 0.1) is 0 Å². The minimum absolute atomic E-state index is 0.222. The molecule has 7 nitrogen and oxygen atoms in total. The fraction of sp³-hybridized carbons (Fsp3) is 0.294. The van der Waals surface area contributed by atoms with Gasteiger partial charge in [0.05, 0.1) is 6.54 Å². The molecule has 3 aromatic rings. The van der Waals surface area contributed by atoms with Crippen LogP contribution in [0.1, 0.15) is 25.0 Å². The van der Waals surface area contributed by atoms with Gasteiger partial charge in [-0.3, -0.25) is 4.57 Å². The summed E-state index contributed by atoms with van der Waals surface area (Å²) in [6, 6.07) is 9.77. The van der Waals surface area contributed by atoms with Crippen LogP contribution in [-0.2, 0) is 19.5 Å². The zero-order chi connectivity index (χ0) is 17.1. The highest BCUT2D eigenvalue weighted by Gasteiger charge is 2.14. The molecule has 0 N–H and O–H groups in total. The van der Waals surface area contributed by atoms with E-state index in [1.54, 1.807) is 25.4 Å². The molecule has 0 atom stereocenters. The van der Waals surface area contributed by atoms with E-state index in [1.165, 1.54) is 14.8 Å². The summed E-state index contributed by atoms with van der Waals surface area (Å²) in [4.78, 5) is 28.8. The Morgan fingerprint density at radius 2 is 1.71 bits per heavy atom. The van der Waals surface area contributed by atoms with Crippen molar-refractivity contribution in [1.82, 2.24) is 23.9 Å². The van der Waals surface area contributed by atoms with E-state index in [2.05, 4.69) is 17.0 Å². The molecule has 0 unspecified atom stereocenters. The standard InChI is InChI=1S/C17H19N5O2/c1-3-13-6-8-14(9-7-13)12-21-15(22-11-5-10-18-22)19-16(23)20(4-2)17(21)24/h5-11H,3-4,12H2,1-2H3. The first-order chi connectivity index (χ1) is 11.6. The van der Waals surface area contributed by atoms with Crippen molar-refractivity contribution >= 4 is 0 Å². The van der Waals surface area contributed by atoms with Crippen molar-refractivity contribution in [3.05, 3.63) is 74.8 Å². The van der Waals surface area contributed by atoms with Crippen LogP contribution in [0.15, 0.2) is 52.3 Å². The van der Waals surface area contributed by atoms with Crippen molar-refractivity contribution < 1.29 is 0 Å². The Bertz CT molecular complexity index is 937. The highest BCUT2D eigenvalue weighted by Crippen LogP contribution is 2.08. The van der Waals surface area contributed by atoms with Gasteiger partial charge in [-0.2, -0.15) is 10.1 Å². The van der Waals surface area contributed by atoms with E-state index < -0.39 is 5.69 Å². The first-order valence-electron chi connectivity index (χ1n) is 7.93. The summed E-state index contributed by atoms with van der Waals surface area (Å²) >= 11 is 0. The Kier molecular flexibility index (Phi) is 4.41. The summed E-state index contributed by atoms with van der Waals surface area (Å²) in [7, 11) is 0. The zero-order valence-electron chi connectivity index (χ0n) is 13.7. The Morgan fingerprint density at radius 1 is 1.00 bits per heavy atom. The quantitative estimate of drug-likeness (QED) is 0.707. The van der Waals surface area contributed by atoms with Crippen molar-refractivity contribution in [1.29, 1.82) is 0 Å². The lowest BCUT2D eigenvalue weighted by Crippen LogP contribution is -2.43. The SMILES string of the molecule is CCc1ccc(Cn2c(-n3cccn3)nc(=O)n(CC)c2=O)cc1. The first-order valence-corrected chi connectivity index (χ1v) is 7.93. The molecular formula is C17H19N5O2. The molecule has 1 aromatic carbocycles. The van der Waals surface area contributed by atoms with Crippen LogP contribution in [-0.4, -0.2) is 23.9 Å². The van der Waals surface area contributed by atoms with Gasteiger partial charge in [-0.1, -0.05) is 31.2 Å². The Hall–Kier alpha value is -2.96. The maximum Gasteiger partial charge on any atom is 0.354 e. The van der Waals surface area contributed by atoms with Crippen LogP contribution in [0.5, 0.6) is 0 Å². The zero-order valence-corrected chi connectivity index (χ0v) is 13.7. The van der Waals surface area contributed by atoms with Gasteiger partial charge in [-0.05, 0) is 30.5 Å². The first kappa shape index (κ1) is 15.9. The van der Waals surface area contributed by atoms with Gasteiger partial charge in [-0.15, -0.1) is 0 Å². The lowest BCUT2D eigenvalue weighted by atomic mass is 10.1. The smallest absolute Gasteiger partial charge is 0.257 e. The number of rotatable bonds is 5. The molecular weight excluding hydrogens is 306 g/mol. The molecule has 0 aliphatic heterocycles. The van der Waals surface area contributed by atoms with E-state index in [4.69, 9.17) is 0 Å². The van der Waals surface area contributed by atoms with Crippen LogP contribution >= 0.6 is 0 Å². The van der Waals surface area contributed by atoms with E-state index in [1.807, 2.05) is 24.3 Å². The summed E-state index contributed by atoms with van der Waals surface area (Å²) in [6.45, 7) is 4.44. The minimum atomic E-state index is -0.564. The largest absolute Gasteiger partial charge is 0.354 e. The molecule has 3 rings (SSSR count). The summed E-state index contributed by atoms with van der Waals surface area (Å²) in [5.74, 6) is 0.222. The van der Waals surface area contributed by atoms with Crippen molar-refractivity contribution in [2.24, 2.45) is 0 Å². The van der Waals surface area contributed by atoms with Gasteiger partial charge in [0.2, 0.25) is 5.95 Å². The molecule has 24 heavy (non-hydrogen) atoms. The lowest BCUT2D eigenvalue weighted by molar-refractivity contribution is 0.543. The van der Waals surface area contributed by atoms with Crippen LogP contribution in [0.3, 0.4) is 0 Å². The number of nitrogens with zero attached hydrogens (tertiary/aromatic N) is 5. The molecule has 0 saturated heterocycles. The molecule has 0 spiro atoms. The monoisotopic (exact) mass is 325 g/mol. The van der Waals surface area contributed by atoms with E-state index in [0.717, 1.165) is 16.6 Å². The second-order valence-electron chi connectivity index (χ2n) is 5.43. The van der Waals surface area contributed by atoms with E-state index >= 15 is 0 Å². The molecule has 0 amide bonds. The highest BCUT2D eigenvalue weighted by atomic mass is 16.2. The molecule has 0 aliphatic rings. The summed E-state index contributed by atoms with van der Waals surface area (Å²) in [5, 5.41) is 4.10. The van der Waals surface area contributed by atoms with E-state index in [0.29, 0.717) is 6.54 Å². The molecule has 124 valence electrons. The lowest BCUT2D eigenvalue weighted by Gasteiger charge is -2.13. The van der Waals surface area contributed by atoms with Crippen molar-refractivity contribution in [2.45, 2.75) is 33.4 Å². The van der Waals surface area contributed by atoms with Gasteiger partial charge >= 0.3 is 11.4 Å². The molecule has 0 bridgehead atoms. The van der Waals surface area contributed by atoms with Crippen LogP contribution in [0.4, 0.5) is 0 Å². The molecule has 2 aromatic heterocycles. The summed E-state index contributed by atoms with van der Waals surface area (Å²) in [5.41, 5.74) is 1.24. The second kappa shape index (κ2) is 6.66. The minimum Gasteiger partial charge on any atom is -0.257 e. The predicted octanol–water partition coefficient (Wildman–Crippen LogP) is 1.22. The van der Waals surface area contributed by atoms with E-state index in [-0.39, 0.29) is 18.2 Å². The number of hydrogen-bond acceptors (Lipinski definition) is 4. The topological polar surface area (TPSA) is 74.7 Å². The molecule has 0 fully saturated rings. The highest BCUT2D eigenvalue weighted by molar-refractivity contribution is 5.24. The predicted molar refractivity (Wildman–Crippen MR) is 90.5 cm³/mol. The average molecular weight is 325 g/mol. The summed E-state index contributed by atoms with van der Waals surface area (Å²) in [6.07, 6.45) is 4.20. The third-order valence-corrected chi connectivity index (χ3v) is 3.93. The Morgan fingerprint density at radius 3 is 2.29 bits per heavy atom. The number of benzene rings is 1. The van der Waals surface area contributed by atoms with Gasteiger partial charge in [0.15, 0.2) is 0 Å². The Labute approximate surface area is 138 Å². The third kappa shape index (κ3) is 2.92. The maximum absolute atomic E-state index is 12.7. The molecule has 7 heteroatoms. The van der Waals surface area contributed by atoms with Gasteiger partial charge in [0, 0.05) is 18.9 Å². The maximum atomic E-state index is 12.7. The Balaban J connectivity index is 2.13. The molecule has 0 saturated carbocycles. The van der Waals surface area contributed by atoms with Crippen LogP contribution < -0.4 is 11.4 Å². The van der Waals surface area contributed by atoms with Crippen LogP contribution in [0.2, 0.25) is 0 Å². The van der Waals surface area contributed by atoms with E-state index in [9.17, 15) is 9.59 Å². The molecule has 2 heterocycles. The fourth-order valence-corrected chi connectivity index (χ4v) is 2.55. The fourth-order valence-electron chi connectivity index (χ4n) is 2.55. The van der Waals surface area contributed by atoms with Crippen LogP contribution in [0.25, 0.3) is 5.95 Å². The number of hydrogen-bond donors (Lipinski definition) is 0. The second-order valence-corrected chi connectivity index (χ2v) is 5.43. The average Bonchev–Trinajstić information content (AvgIpc) is 3.12. The van der Waals surface area contributed by atoms with Gasteiger partial charge < -0.3 is 0 Å². The van der Waals surface area contributed by atoms with Gasteiger partial charge in [0.1, 0.15) is 0 Å². The number of aryl methyl sites for hydroxylation is 1. The third-order valence-electron chi connectivity index (χ3n) is 3.93. The van der Waals surface area contributed by atoms with Gasteiger partial charge in [0.25, 0.3) is 0 Å². The summed E-state index contributed by atoms with van der Waals surface area (Å²) < 4.78 is 4.02. The number of aromatic nitrogens is 5.